The molecule has 0 aliphatic rings. The third-order valence-electron chi connectivity index (χ3n) is 4.44. The van der Waals surface area contributed by atoms with Crippen molar-refractivity contribution in [3.05, 3.63) is 72.2 Å². The lowest BCUT2D eigenvalue weighted by Crippen LogP contribution is -2.02. The van der Waals surface area contributed by atoms with Crippen LogP contribution in [0.2, 0.25) is 0 Å². The first-order valence-corrected chi connectivity index (χ1v) is 8.11. The summed E-state index contributed by atoms with van der Waals surface area (Å²) in [5, 5.41) is 0. The molecule has 4 nitrogen and oxygen atoms in total. The van der Waals surface area contributed by atoms with E-state index >= 15 is 0 Å². The molecule has 1 atom stereocenters. The molecule has 0 aliphatic carbocycles. The van der Waals surface area contributed by atoms with Crippen molar-refractivity contribution in [2.75, 3.05) is 0 Å². The maximum Gasteiger partial charge on any atom is 0.136 e. The van der Waals surface area contributed by atoms with E-state index < -0.39 is 0 Å². The van der Waals surface area contributed by atoms with Crippen molar-refractivity contribution in [2.24, 2.45) is 0 Å². The molecule has 116 valence electrons. The fourth-order valence-electron chi connectivity index (χ4n) is 3.05. The van der Waals surface area contributed by atoms with Crippen LogP contribution >= 0.6 is 0 Å². The van der Waals surface area contributed by atoms with Gasteiger partial charge in [0.2, 0.25) is 0 Å². The number of hydrogen-bond donors (Lipinski definition) is 0. The molecule has 4 rings (SSSR count). The predicted octanol–water partition coefficient (Wildman–Crippen LogP) is 3.89. The van der Waals surface area contributed by atoms with Gasteiger partial charge >= 0.3 is 0 Å². The summed E-state index contributed by atoms with van der Waals surface area (Å²) in [6, 6.07) is 6.28. The molecule has 0 bridgehead atoms. The van der Waals surface area contributed by atoms with E-state index in [1.54, 1.807) is 0 Å². The van der Waals surface area contributed by atoms with Gasteiger partial charge in [-0.2, -0.15) is 0 Å². The van der Waals surface area contributed by atoms with Crippen molar-refractivity contribution in [2.45, 2.75) is 32.6 Å². The zero-order valence-corrected chi connectivity index (χ0v) is 13.5. The van der Waals surface area contributed by atoms with E-state index in [9.17, 15) is 0 Å². The van der Waals surface area contributed by atoms with E-state index in [-0.39, 0.29) is 0 Å². The zero-order valence-electron chi connectivity index (χ0n) is 13.5. The second-order valence-corrected chi connectivity index (χ2v) is 6.19. The van der Waals surface area contributed by atoms with Crippen LogP contribution in [-0.4, -0.2) is 18.8 Å². The van der Waals surface area contributed by atoms with Crippen molar-refractivity contribution in [1.82, 2.24) is 18.8 Å². The monoisotopic (exact) mass is 304 g/mol. The highest BCUT2D eigenvalue weighted by Crippen LogP contribution is 2.21. The van der Waals surface area contributed by atoms with E-state index in [4.69, 9.17) is 0 Å². The van der Waals surface area contributed by atoms with Gasteiger partial charge in [0.25, 0.3) is 0 Å². The smallest absolute Gasteiger partial charge is 0.136 e. The molecule has 0 aromatic carbocycles. The molecule has 4 heterocycles. The molecule has 4 heteroatoms. The molecule has 0 aliphatic heterocycles. The predicted molar refractivity (Wildman–Crippen MR) is 91.9 cm³/mol. The summed E-state index contributed by atoms with van der Waals surface area (Å²) in [7, 11) is 0. The van der Waals surface area contributed by atoms with Crippen LogP contribution in [0.4, 0.5) is 0 Å². The third-order valence-corrected chi connectivity index (χ3v) is 4.44. The molecule has 0 saturated carbocycles. The standard InChI is InChI=1S/C19H20N4/c1-3-15-9-21-19-8-16(12-23(19)11-15)7-14(2)18-13-22-6-4-5-17(22)10-20-18/h4-6,8-14H,3,7H2,1-2H3. The third kappa shape index (κ3) is 2.61. The Morgan fingerprint density at radius 2 is 1.91 bits per heavy atom. The van der Waals surface area contributed by atoms with Crippen LogP contribution in [0.1, 0.15) is 36.6 Å². The second-order valence-electron chi connectivity index (χ2n) is 6.19. The molecule has 4 aromatic heterocycles. The number of aromatic nitrogens is 4. The maximum atomic E-state index is 4.61. The zero-order chi connectivity index (χ0) is 15.8. The molecular formula is C19H20N4. The number of hydrogen-bond acceptors (Lipinski definition) is 2. The Balaban J connectivity index is 1.61. The number of fused-ring (bicyclic) bond motifs is 2. The summed E-state index contributed by atoms with van der Waals surface area (Å²) >= 11 is 0. The summed E-state index contributed by atoms with van der Waals surface area (Å²) < 4.78 is 4.26. The average molecular weight is 304 g/mol. The average Bonchev–Trinajstić information content (AvgIpc) is 3.18. The Morgan fingerprint density at radius 3 is 2.78 bits per heavy atom. The van der Waals surface area contributed by atoms with Crippen LogP contribution in [0.25, 0.3) is 11.2 Å². The summed E-state index contributed by atoms with van der Waals surface area (Å²) in [4.78, 5) is 9.14. The van der Waals surface area contributed by atoms with Crippen LogP contribution in [0.5, 0.6) is 0 Å². The fourth-order valence-corrected chi connectivity index (χ4v) is 3.05. The summed E-state index contributed by atoms with van der Waals surface area (Å²) in [6.45, 7) is 4.38. The molecular weight excluding hydrogens is 284 g/mol. The maximum absolute atomic E-state index is 4.61. The molecule has 1 unspecified atom stereocenters. The van der Waals surface area contributed by atoms with Gasteiger partial charge < -0.3 is 8.80 Å². The minimum Gasteiger partial charge on any atom is -0.321 e. The molecule has 0 fully saturated rings. The Hall–Kier alpha value is -2.62. The summed E-state index contributed by atoms with van der Waals surface area (Å²) in [6.07, 6.45) is 14.4. The highest BCUT2D eigenvalue weighted by atomic mass is 15.0. The topological polar surface area (TPSA) is 34.6 Å². The van der Waals surface area contributed by atoms with Gasteiger partial charge in [-0.1, -0.05) is 13.8 Å². The van der Waals surface area contributed by atoms with Gasteiger partial charge in [-0.15, -0.1) is 0 Å². The van der Waals surface area contributed by atoms with Crippen LogP contribution in [0.15, 0.2) is 55.4 Å². The second kappa shape index (κ2) is 5.54. The molecule has 23 heavy (non-hydrogen) atoms. The van der Waals surface area contributed by atoms with Gasteiger partial charge in [-0.3, -0.25) is 4.98 Å². The van der Waals surface area contributed by atoms with Gasteiger partial charge in [0.15, 0.2) is 0 Å². The van der Waals surface area contributed by atoms with Crippen LogP contribution in [0, 0.1) is 0 Å². The number of nitrogens with zero attached hydrogens (tertiary/aromatic N) is 4. The van der Waals surface area contributed by atoms with E-state index in [0.29, 0.717) is 5.92 Å². The molecule has 0 saturated heterocycles. The lowest BCUT2D eigenvalue weighted by Gasteiger charge is -2.10. The highest BCUT2D eigenvalue weighted by molar-refractivity contribution is 5.46. The van der Waals surface area contributed by atoms with Crippen molar-refractivity contribution < 1.29 is 0 Å². The summed E-state index contributed by atoms with van der Waals surface area (Å²) in [5.74, 6) is 0.366. The Bertz CT molecular complexity index is 964. The van der Waals surface area contributed by atoms with Crippen molar-refractivity contribution in [3.63, 3.8) is 0 Å². The van der Waals surface area contributed by atoms with E-state index in [0.717, 1.165) is 29.7 Å². The first kappa shape index (κ1) is 14.0. The van der Waals surface area contributed by atoms with Gasteiger partial charge in [-0.05, 0) is 42.2 Å². The molecule has 0 amide bonds. The Morgan fingerprint density at radius 1 is 1.04 bits per heavy atom. The van der Waals surface area contributed by atoms with Crippen molar-refractivity contribution in [3.8, 4) is 0 Å². The molecule has 0 N–H and O–H groups in total. The van der Waals surface area contributed by atoms with E-state index in [1.165, 1.54) is 11.1 Å². The van der Waals surface area contributed by atoms with E-state index in [1.807, 2.05) is 18.5 Å². The number of aryl methyl sites for hydroxylation is 1. The van der Waals surface area contributed by atoms with Crippen molar-refractivity contribution in [1.29, 1.82) is 0 Å². The number of rotatable bonds is 4. The van der Waals surface area contributed by atoms with Crippen LogP contribution in [-0.2, 0) is 12.8 Å². The summed E-state index contributed by atoms with van der Waals surface area (Å²) in [5.41, 5.74) is 5.82. The molecule has 0 spiro atoms. The minimum atomic E-state index is 0.366. The van der Waals surface area contributed by atoms with Gasteiger partial charge in [-0.25, -0.2) is 4.98 Å². The van der Waals surface area contributed by atoms with Crippen LogP contribution < -0.4 is 0 Å². The van der Waals surface area contributed by atoms with Crippen LogP contribution in [0.3, 0.4) is 0 Å². The lowest BCUT2D eigenvalue weighted by molar-refractivity contribution is 0.723. The SMILES string of the molecule is CCc1cnc2cc(CC(C)c3cn4cccc4cn3)cn2c1. The largest absolute Gasteiger partial charge is 0.321 e. The van der Waals surface area contributed by atoms with E-state index in [2.05, 4.69) is 69.5 Å². The molecule has 4 aromatic rings. The first-order chi connectivity index (χ1) is 11.2. The quantitative estimate of drug-likeness (QED) is 0.573. The first-order valence-electron chi connectivity index (χ1n) is 8.11. The molecule has 0 radical (unpaired) electrons. The minimum absolute atomic E-state index is 0.366. The highest BCUT2D eigenvalue weighted by Gasteiger charge is 2.11. The normalized spacial score (nSPS) is 13.0. The lowest BCUT2D eigenvalue weighted by atomic mass is 10.0. The van der Waals surface area contributed by atoms with Crippen molar-refractivity contribution >= 4 is 11.2 Å². The van der Waals surface area contributed by atoms with Gasteiger partial charge in [0.05, 0.1) is 17.4 Å². The van der Waals surface area contributed by atoms with Gasteiger partial charge in [0.1, 0.15) is 5.65 Å². The fraction of sp³-hybridized carbons (Fsp3) is 0.263. The Kier molecular flexibility index (Phi) is 3.37. The van der Waals surface area contributed by atoms with Gasteiger partial charge in [0, 0.05) is 36.9 Å². The Labute approximate surface area is 135 Å².